The third-order valence-electron chi connectivity index (χ3n) is 4.21. The van der Waals surface area contributed by atoms with Gasteiger partial charge >= 0.3 is 0 Å². The van der Waals surface area contributed by atoms with Crippen LogP contribution in [0.5, 0.6) is 0 Å². The Labute approximate surface area is 149 Å². The molecule has 0 aliphatic carbocycles. The van der Waals surface area contributed by atoms with Crippen LogP contribution < -0.4 is 10.2 Å². The van der Waals surface area contributed by atoms with E-state index in [0.29, 0.717) is 25.9 Å². The van der Waals surface area contributed by atoms with E-state index in [9.17, 15) is 9.59 Å². The summed E-state index contributed by atoms with van der Waals surface area (Å²) in [6.07, 6.45) is 4.78. The van der Waals surface area contributed by atoms with Crippen molar-refractivity contribution in [3.8, 4) is 0 Å². The van der Waals surface area contributed by atoms with Crippen LogP contribution in [0.4, 0.5) is 5.69 Å². The highest BCUT2D eigenvalue weighted by molar-refractivity contribution is 9.10. The first-order valence-corrected chi connectivity index (χ1v) is 8.66. The summed E-state index contributed by atoms with van der Waals surface area (Å²) in [4.78, 5) is 30.7. The lowest BCUT2D eigenvalue weighted by molar-refractivity contribution is -0.132. The highest BCUT2D eigenvalue weighted by Crippen LogP contribution is 2.27. The Bertz CT molecular complexity index is 759. The van der Waals surface area contributed by atoms with Gasteiger partial charge in [-0.25, -0.2) is 4.98 Å². The van der Waals surface area contributed by atoms with E-state index in [2.05, 4.69) is 26.2 Å². The Morgan fingerprint density at radius 1 is 1.46 bits per heavy atom. The number of halogens is 1. The Balaban J connectivity index is 1.56. The lowest BCUT2D eigenvalue weighted by Crippen LogP contribution is -2.37. The number of aryl methyl sites for hydroxylation is 1. The molecule has 0 radical (unpaired) electrons. The molecule has 6 nitrogen and oxygen atoms in total. The monoisotopic (exact) mass is 390 g/mol. The van der Waals surface area contributed by atoms with Gasteiger partial charge in [0.15, 0.2) is 0 Å². The summed E-state index contributed by atoms with van der Waals surface area (Å²) < 4.78 is 2.83. The zero-order valence-corrected chi connectivity index (χ0v) is 15.0. The second kappa shape index (κ2) is 7.17. The van der Waals surface area contributed by atoms with Gasteiger partial charge < -0.3 is 14.8 Å². The third kappa shape index (κ3) is 3.51. The molecular formula is C17H19BrN4O2. The molecule has 2 heterocycles. The molecule has 0 spiro atoms. The number of nitrogens with zero attached hydrogens (tertiary/aromatic N) is 3. The summed E-state index contributed by atoms with van der Waals surface area (Å²) in [6.45, 7) is 1.04. The topological polar surface area (TPSA) is 67.2 Å². The first kappa shape index (κ1) is 16.7. The fourth-order valence-electron chi connectivity index (χ4n) is 2.88. The summed E-state index contributed by atoms with van der Waals surface area (Å²) in [5, 5.41) is 2.85. The highest BCUT2D eigenvalue weighted by atomic mass is 79.9. The predicted molar refractivity (Wildman–Crippen MR) is 94.5 cm³/mol. The Morgan fingerprint density at radius 2 is 2.29 bits per heavy atom. The molecule has 1 aromatic heterocycles. The molecule has 126 valence electrons. The van der Waals surface area contributed by atoms with E-state index in [1.54, 1.807) is 11.1 Å². The van der Waals surface area contributed by atoms with Gasteiger partial charge in [0.1, 0.15) is 11.7 Å². The normalized spacial score (nSPS) is 17.3. The van der Waals surface area contributed by atoms with Crippen LogP contribution in [0.3, 0.4) is 0 Å². The summed E-state index contributed by atoms with van der Waals surface area (Å²) in [5.41, 5.74) is 0.817. The van der Waals surface area contributed by atoms with Crippen molar-refractivity contribution >= 4 is 33.4 Å². The summed E-state index contributed by atoms with van der Waals surface area (Å²) in [7, 11) is 1.92. The highest BCUT2D eigenvalue weighted by Gasteiger charge is 2.37. The smallest absolute Gasteiger partial charge is 0.239 e. The van der Waals surface area contributed by atoms with Crippen molar-refractivity contribution in [2.45, 2.75) is 12.8 Å². The van der Waals surface area contributed by atoms with Crippen molar-refractivity contribution in [1.29, 1.82) is 0 Å². The number of imidazole rings is 1. The zero-order chi connectivity index (χ0) is 17.1. The van der Waals surface area contributed by atoms with Crippen LogP contribution in [0.25, 0.3) is 0 Å². The van der Waals surface area contributed by atoms with Gasteiger partial charge in [0, 0.05) is 49.1 Å². The predicted octanol–water partition coefficient (Wildman–Crippen LogP) is 1.89. The molecule has 1 unspecified atom stereocenters. The maximum atomic E-state index is 12.5. The van der Waals surface area contributed by atoms with Crippen molar-refractivity contribution in [2.75, 3.05) is 18.0 Å². The Hall–Kier alpha value is -2.15. The molecule has 1 aliphatic heterocycles. The quantitative estimate of drug-likeness (QED) is 0.792. The van der Waals surface area contributed by atoms with E-state index in [1.807, 2.05) is 42.1 Å². The SMILES string of the molecule is Cn1ccnc1CCNC(=O)C1CCN(c2cccc(Br)c2)C1=O. The van der Waals surface area contributed by atoms with E-state index in [0.717, 1.165) is 16.0 Å². The van der Waals surface area contributed by atoms with Gasteiger partial charge in [-0.3, -0.25) is 9.59 Å². The zero-order valence-electron chi connectivity index (χ0n) is 13.4. The first-order chi connectivity index (χ1) is 11.6. The maximum absolute atomic E-state index is 12.5. The number of aromatic nitrogens is 2. The van der Waals surface area contributed by atoms with Crippen molar-refractivity contribution in [1.82, 2.24) is 14.9 Å². The van der Waals surface area contributed by atoms with Crippen molar-refractivity contribution in [2.24, 2.45) is 13.0 Å². The first-order valence-electron chi connectivity index (χ1n) is 7.87. The summed E-state index contributed by atoms with van der Waals surface area (Å²) >= 11 is 3.41. The maximum Gasteiger partial charge on any atom is 0.239 e. The number of hydrogen-bond donors (Lipinski definition) is 1. The van der Waals surface area contributed by atoms with Gasteiger partial charge in [0.05, 0.1) is 0 Å². The van der Waals surface area contributed by atoms with E-state index in [1.165, 1.54) is 0 Å². The number of nitrogens with one attached hydrogen (secondary N) is 1. The standard InChI is InChI=1S/C17H19BrN4O2/c1-21-10-8-19-15(21)5-7-20-16(23)14-6-9-22(17(14)24)13-4-2-3-12(18)11-13/h2-4,8,10-11,14H,5-7,9H2,1H3,(H,20,23). The number of anilines is 1. The van der Waals surface area contributed by atoms with Gasteiger partial charge in [-0.05, 0) is 24.6 Å². The van der Waals surface area contributed by atoms with E-state index >= 15 is 0 Å². The summed E-state index contributed by atoms with van der Waals surface area (Å²) in [5.74, 6) is -0.0385. The van der Waals surface area contributed by atoms with Crippen LogP contribution in [0, 0.1) is 5.92 Å². The Morgan fingerprint density at radius 3 is 3.00 bits per heavy atom. The molecule has 2 aromatic rings. The minimum Gasteiger partial charge on any atom is -0.355 e. The molecule has 2 amide bonds. The minimum absolute atomic E-state index is 0.136. The third-order valence-corrected chi connectivity index (χ3v) is 4.70. The number of rotatable bonds is 5. The average molecular weight is 391 g/mol. The number of amides is 2. The molecule has 1 fully saturated rings. The van der Waals surface area contributed by atoms with Crippen molar-refractivity contribution in [3.05, 3.63) is 47.0 Å². The minimum atomic E-state index is -0.606. The number of benzene rings is 1. The molecule has 3 rings (SSSR count). The molecule has 1 saturated heterocycles. The van der Waals surface area contributed by atoms with Gasteiger partial charge in [0.25, 0.3) is 0 Å². The molecule has 0 bridgehead atoms. The van der Waals surface area contributed by atoms with Crippen LogP contribution in [0.15, 0.2) is 41.1 Å². The van der Waals surface area contributed by atoms with E-state index in [4.69, 9.17) is 0 Å². The van der Waals surface area contributed by atoms with Gasteiger partial charge in [-0.2, -0.15) is 0 Å². The number of hydrogen-bond acceptors (Lipinski definition) is 3. The van der Waals surface area contributed by atoms with Crippen LogP contribution in [0.1, 0.15) is 12.2 Å². The molecule has 24 heavy (non-hydrogen) atoms. The second-order valence-electron chi connectivity index (χ2n) is 5.81. The van der Waals surface area contributed by atoms with Gasteiger partial charge in [-0.1, -0.05) is 22.0 Å². The van der Waals surface area contributed by atoms with Crippen molar-refractivity contribution in [3.63, 3.8) is 0 Å². The van der Waals surface area contributed by atoms with Crippen LogP contribution in [-0.2, 0) is 23.1 Å². The molecule has 1 aromatic carbocycles. The number of carbonyl (C=O) groups excluding carboxylic acids is 2. The fourth-order valence-corrected chi connectivity index (χ4v) is 3.27. The average Bonchev–Trinajstić information content (AvgIpc) is 3.13. The molecule has 1 atom stereocenters. The lowest BCUT2D eigenvalue weighted by atomic mass is 10.1. The van der Waals surface area contributed by atoms with Crippen LogP contribution >= 0.6 is 15.9 Å². The second-order valence-corrected chi connectivity index (χ2v) is 6.72. The lowest BCUT2D eigenvalue weighted by Gasteiger charge is -2.17. The molecule has 1 aliphatic rings. The molecule has 0 saturated carbocycles. The van der Waals surface area contributed by atoms with Crippen molar-refractivity contribution < 1.29 is 9.59 Å². The Kier molecular flexibility index (Phi) is 4.99. The molecule has 1 N–H and O–H groups in total. The fraction of sp³-hybridized carbons (Fsp3) is 0.353. The van der Waals surface area contributed by atoms with Gasteiger partial charge in [-0.15, -0.1) is 0 Å². The molecule has 7 heteroatoms. The van der Waals surface area contributed by atoms with E-state index in [-0.39, 0.29) is 11.8 Å². The van der Waals surface area contributed by atoms with E-state index < -0.39 is 5.92 Å². The largest absolute Gasteiger partial charge is 0.355 e. The van der Waals surface area contributed by atoms with Gasteiger partial charge in [0.2, 0.25) is 11.8 Å². The van der Waals surface area contributed by atoms with Crippen LogP contribution in [0.2, 0.25) is 0 Å². The summed E-state index contributed by atoms with van der Waals surface area (Å²) in [6, 6.07) is 7.56. The molecular weight excluding hydrogens is 372 g/mol. The number of carbonyl (C=O) groups is 2. The van der Waals surface area contributed by atoms with Crippen LogP contribution in [-0.4, -0.2) is 34.5 Å².